The molecule has 0 aliphatic rings. The van der Waals surface area contributed by atoms with Gasteiger partial charge in [-0.25, -0.2) is 8.42 Å². The van der Waals surface area contributed by atoms with Crippen molar-refractivity contribution >= 4 is 9.84 Å². The smallest absolute Gasteiger partial charge is 0.175 e. The fraction of sp³-hybridized carbons (Fsp3) is 0.200. The van der Waals surface area contributed by atoms with Crippen LogP contribution in [0.15, 0.2) is 53.4 Å². The van der Waals surface area contributed by atoms with E-state index in [4.69, 9.17) is 0 Å². The quantitative estimate of drug-likeness (QED) is 0.850. The average molecular weight is 260 g/mol. The fourth-order valence-electron chi connectivity index (χ4n) is 1.88. The zero-order valence-corrected chi connectivity index (χ0v) is 11.4. The molecule has 2 nitrogen and oxygen atoms in total. The molecule has 0 aliphatic carbocycles. The molecule has 0 spiro atoms. The predicted molar refractivity (Wildman–Crippen MR) is 73.5 cm³/mol. The van der Waals surface area contributed by atoms with Gasteiger partial charge in [0.05, 0.1) is 4.90 Å². The van der Waals surface area contributed by atoms with Crippen molar-refractivity contribution in [3.05, 3.63) is 65.2 Å². The zero-order chi connectivity index (χ0) is 13.2. The first-order valence-corrected chi connectivity index (χ1v) is 7.69. The molecule has 3 heteroatoms. The van der Waals surface area contributed by atoms with E-state index in [-0.39, 0.29) is 0 Å². The largest absolute Gasteiger partial charge is 0.224 e. The van der Waals surface area contributed by atoms with E-state index in [1.807, 2.05) is 24.3 Å². The van der Waals surface area contributed by atoms with Crippen LogP contribution >= 0.6 is 0 Å². The molecule has 0 radical (unpaired) electrons. The third kappa shape index (κ3) is 2.99. The minimum absolute atomic E-state index is 0.371. The molecule has 0 saturated heterocycles. The van der Waals surface area contributed by atoms with Crippen LogP contribution in [0.25, 0.3) is 0 Å². The minimum Gasteiger partial charge on any atom is -0.224 e. The van der Waals surface area contributed by atoms with Crippen LogP contribution in [-0.4, -0.2) is 14.7 Å². The summed E-state index contributed by atoms with van der Waals surface area (Å²) < 4.78 is 22.7. The van der Waals surface area contributed by atoms with E-state index in [1.165, 1.54) is 17.4 Å². The summed E-state index contributed by atoms with van der Waals surface area (Å²) >= 11 is 0. The van der Waals surface area contributed by atoms with Crippen molar-refractivity contribution in [2.45, 2.75) is 18.2 Å². The van der Waals surface area contributed by atoms with Crippen LogP contribution in [0.4, 0.5) is 0 Å². The van der Waals surface area contributed by atoms with Gasteiger partial charge in [-0.3, -0.25) is 0 Å². The average Bonchev–Trinajstić information content (AvgIpc) is 2.32. The fourth-order valence-corrected chi connectivity index (χ4v) is 2.51. The van der Waals surface area contributed by atoms with E-state index in [0.29, 0.717) is 4.90 Å². The predicted octanol–water partition coefficient (Wildman–Crippen LogP) is 2.99. The molecular formula is C15H16O2S. The molecule has 0 aliphatic heterocycles. The summed E-state index contributed by atoms with van der Waals surface area (Å²) in [6.07, 6.45) is 2.06. The molecule has 0 unspecified atom stereocenters. The molecule has 0 saturated carbocycles. The van der Waals surface area contributed by atoms with Crippen molar-refractivity contribution in [1.82, 2.24) is 0 Å². The van der Waals surface area contributed by atoms with Crippen molar-refractivity contribution < 1.29 is 8.42 Å². The molecule has 2 aromatic rings. The Kier molecular flexibility index (Phi) is 3.53. The minimum atomic E-state index is -3.10. The van der Waals surface area contributed by atoms with Gasteiger partial charge in [-0.15, -0.1) is 0 Å². The Labute approximate surface area is 108 Å². The van der Waals surface area contributed by atoms with E-state index in [2.05, 4.69) is 19.1 Å². The van der Waals surface area contributed by atoms with Crippen LogP contribution in [0.1, 0.15) is 16.7 Å². The van der Waals surface area contributed by atoms with Crippen LogP contribution < -0.4 is 0 Å². The first kappa shape index (κ1) is 12.8. The summed E-state index contributed by atoms with van der Waals surface area (Å²) in [6.45, 7) is 2.08. The lowest BCUT2D eigenvalue weighted by Gasteiger charge is -2.06. The van der Waals surface area contributed by atoms with Crippen molar-refractivity contribution in [1.29, 1.82) is 0 Å². The lowest BCUT2D eigenvalue weighted by Crippen LogP contribution is -1.97. The molecule has 0 aromatic heterocycles. The Morgan fingerprint density at radius 3 is 2.11 bits per heavy atom. The normalized spacial score (nSPS) is 11.4. The third-order valence-electron chi connectivity index (χ3n) is 3.01. The van der Waals surface area contributed by atoms with Gasteiger partial charge in [0.25, 0.3) is 0 Å². The standard InChI is InChI=1S/C15H16O2S/c1-12-5-3-4-6-14(12)11-13-7-9-15(10-8-13)18(2,16)17/h3-10H,11H2,1-2H3. The molecule has 0 fully saturated rings. The molecule has 94 valence electrons. The highest BCUT2D eigenvalue weighted by Crippen LogP contribution is 2.16. The Bertz CT molecular complexity index is 640. The van der Waals surface area contributed by atoms with Gasteiger partial charge in [0.1, 0.15) is 0 Å². The molecule has 0 atom stereocenters. The lowest BCUT2D eigenvalue weighted by molar-refractivity contribution is 0.602. The highest BCUT2D eigenvalue weighted by molar-refractivity contribution is 7.90. The van der Waals surface area contributed by atoms with E-state index in [9.17, 15) is 8.42 Å². The number of hydrogen-bond acceptors (Lipinski definition) is 2. The maximum atomic E-state index is 11.4. The number of rotatable bonds is 3. The van der Waals surface area contributed by atoms with Gasteiger partial charge in [0, 0.05) is 6.26 Å². The first-order valence-electron chi connectivity index (χ1n) is 5.80. The van der Waals surface area contributed by atoms with Gasteiger partial charge >= 0.3 is 0 Å². The second kappa shape index (κ2) is 4.94. The van der Waals surface area contributed by atoms with Crippen LogP contribution in [-0.2, 0) is 16.3 Å². The first-order chi connectivity index (χ1) is 8.47. The van der Waals surface area contributed by atoms with E-state index in [1.54, 1.807) is 12.1 Å². The lowest BCUT2D eigenvalue weighted by atomic mass is 10.0. The molecule has 2 rings (SSSR count). The van der Waals surface area contributed by atoms with Gasteiger partial charge in [0.2, 0.25) is 0 Å². The summed E-state index contributed by atoms with van der Waals surface area (Å²) in [7, 11) is -3.10. The summed E-state index contributed by atoms with van der Waals surface area (Å²) in [6, 6.07) is 15.3. The monoisotopic (exact) mass is 260 g/mol. The van der Waals surface area contributed by atoms with Crippen LogP contribution in [0.3, 0.4) is 0 Å². The second-order valence-corrected chi connectivity index (χ2v) is 6.54. The van der Waals surface area contributed by atoms with Crippen LogP contribution in [0.5, 0.6) is 0 Å². The number of benzene rings is 2. The van der Waals surface area contributed by atoms with E-state index >= 15 is 0 Å². The molecule has 18 heavy (non-hydrogen) atoms. The summed E-state index contributed by atoms with van der Waals surface area (Å²) in [5.41, 5.74) is 3.64. The van der Waals surface area contributed by atoms with Gasteiger partial charge < -0.3 is 0 Å². The molecule has 2 aromatic carbocycles. The molecule has 0 amide bonds. The van der Waals surface area contributed by atoms with Crippen LogP contribution in [0, 0.1) is 6.92 Å². The number of hydrogen-bond donors (Lipinski definition) is 0. The maximum Gasteiger partial charge on any atom is 0.175 e. The summed E-state index contributed by atoms with van der Waals surface area (Å²) in [5, 5.41) is 0. The van der Waals surface area contributed by atoms with E-state index in [0.717, 1.165) is 12.0 Å². The van der Waals surface area contributed by atoms with Crippen LogP contribution in [0.2, 0.25) is 0 Å². The van der Waals surface area contributed by atoms with Gasteiger partial charge in [-0.1, -0.05) is 36.4 Å². The molecular weight excluding hydrogens is 244 g/mol. The molecule has 0 N–H and O–H groups in total. The Morgan fingerprint density at radius 2 is 1.56 bits per heavy atom. The maximum absolute atomic E-state index is 11.4. The zero-order valence-electron chi connectivity index (χ0n) is 10.6. The topological polar surface area (TPSA) is 34.1 Å². The van der Waals surface area contributed by atoms with Crippen molar-refractivity contribution in [2.75, 3.05) is 6.26 Å². The Hall–Kier alpha value is -1.61. The molecule has 0 bridgehead atoms. The van der Waals surface area contributed by atoms with Gasteiger partial charge in [-0.2, -0.15) is 0 Å². The second-order valence-electron chi connectivity index (χ2n) is 4.52. The highest BCUT2D eigenvalue weighted by Gasteiger charge is 2.06. The van der Waals surface area contributed by atoms with Gasteiger partial charge in [0.15, 0.2) is 9.84 Å². The Morgan fingerprint density at radius 1 is 0.944 bits per heavy atom. The number of aryl methyl sites for hydroxylation is 1. The van der Waals surface area contributed by atoms with Crippen molar-refractivity contribution in [3.8, 4) is 0 Å². The summed E-state index contributed by atoms with van der Waals surface area (Å²) in [4.78, 5) is 0.371. The third-order valence-corrected chi connectivity index (χ3v) is 4.14. The SMILES string of the molecule is Cc1ccccc1Cc1ccc(S(C)(=O)=O)cc1. The van der Waals surface area contributed by atoms with Crippen molar-refractivity contribution in [2.24, 2.45) is 0 Å². The Balaban J connectivity index is 2.24. The van der Waals surface area contributed by atoms with Crippen molar-refractivity contribution in [3.63, 3.8) is 0 Å². The molecule has 0 heterocycles. The summed E-state index contributed by atoms with van der Waals surface area (Å²) in [5.74, 6) is 0. The van der Waals surface area contributed by atoms with Gasteiger partial charge in [-0.05, 0) is 42.2 Å². The highest BCUT2D eigenvalue weighted by atomic mass is 32.2. The number of sulfone groups is 1. The van der Waals surface area contributed by atoms with E-state index < -0.39 is 9.84 Å².